The Bertz CT molecular complexity index is 358. The smallest absolute Gasteiger partial charge is 0.0666 e. The van der Waals surface area contributed by atoms with Crippen molar-refractivity contribution in [1.82, 2.24) is 0 Å². The second-order valence-corrected chi connectivity index (χ2v) is 5.51. The molecule has 0 N–H and O–H groups in total. The molecule has 2 aliphatic rings. The maximum absolute atomic E-state index is 8.84. The first-order valence-corrected chi connectivity index (χ1v) is 6.78. The Morgan fingerprint density at radius 1 is 1.18 bits per heavy atom. The fourth-order valence-electron chi connectivity index (χ4n) is 3.35. The maximum atomic E-state index is 8.84. The number of rotatable bonds is 6. The SMILES string of the molecule is N#CCC(C#N)CCCCC1CC2C=CC1C2. The molecule has 2 nitrogen and oxygen atoms in total. The Morgan fingerprint density at radius 3 is 2.65 bits per heavy atom. The average Bonchev–Trinajstić information content (AvgIpc) is 2.95. The van der Waals surface area contributed by atoms with Crippen LogP contribution < -0.4 is 0 Å². The molecular weight excluding hydrogens is 208 g/mol. The zero-order chi connectivity index (χ0) is 12.1. The van der Waals surface area contributed by atoms with Gasteiger partial charge in [0.25, 0.3) is 0 Å². The van der Waals surface area contributed by atoms with Crippen LogP contribution in [0.4, 0.5) is 0 Å². The summed E-state index contributed by atoms with van der Waals surface area (Å²) in [5.74, 6) is 2.59. The van der Waals surface area contributed by atoms with Gasteiger partial charge in [0.05, 0.1) is 24.5 Å². The highest BCUT2D eigenvalue weighted by molar-refractivity contribution is 5.09. The largest absolute Gasteiger partial charge is 0.198 e. The Balaban J connectivity index is 1.59. The normalized spacial score (nSPS) is 31.1. The highest BCUT2D eigenvalue weighted by Gasteiger charge is 2.34. The van der Waals surface area contributed by atoms with Crippen molar-refractivity contribution in [2.24, 2.45) is 23.7 Å². The molecule has 4 atom stereocenters. The zero-order valence-electron chi connectivity index (χ0n) is 10.3. The van der Waals surface area contributed by atoms with Crippen molar-refractivity contribution in [1.29, 1.82) is 10.5 Å². The first-order valence-electron chi connectivity index (χ1n) is 6.78. The predicted octanol–water partition coefficient (Wildman–Crippen LogP) is 3.81. The molecular formula is C15H20N2. The summed E-state index contributed by atoms with van der Waals surface area (Å²) in [7, 11) is 0. The van der Waals surface area contributed by atoms with Crippen LogP contribution in [0.25, 0.3) is 0 Å². The van der Waals surface area contributed by atoms with E-state index in [4.69, 9.17) is 10.5 Å². The number of hydrogen-bond acceptors (Lipinski definition) is 2. The van der Waals surface area contributed by atoms with Gasteiger partial charge in [-0.3, -0.25) is 0 Å². The van der Waals surface area contributed by atoms with Gasteiger partial charge in [0.2, 0.25) is 0 Å². The quantitative estimate of drug-likeness (QED) is 0.512. The summed E-state index contributed by atoms with van der Waals surface area (Å²) in [6, 6.07) is 4.32. The first kappa shape index (κ1) is 12.2. The Kier molecular flexibility index (Phi) is 4.21. The van der Waals surface area contributed by atoms with Crippen LogP contribution in [0.2, 0.25) is 0 Å². The molecule has 4 unspecified atom stereocenters. The molecule has 2 bridgehead atoms. The Hall–Kier alpha value is -1.28. The Labute approximate surface area is 104 Å². The third kappa shape index (κ3) is 3.10. The van der Waals surface area contributed by atoms with Crippen molar-refractivity contribution in [3.05, 3.63) is 12.2 Å². The van der Waals surface area contributed by atoms with Crippen molar-refractivity contribution in [3.63, 3.8) is 0 Å². The first-order chi connectivity index (χ1) is 8.33. The van der Waals surface area contributed by atoms with E-state index >= 15 is 0 Å². The molecule has 0 aromatic carbocycles. The van der Waals surface area contributed by atoms with E-state index in [1.54, 1.807) is 0 Å². The molecule has 90 valence electrons. The highest BCUT2D eigenvalue weighted by Crippen LogP contribution is 2.45. The van der Waals surface area contributed by atoms with Crippen LogP contribution in [0.15, 0.2) is 12.2 Å². The van der Waals surface area contributed by atoms with E-state index in [1.807, 2.05) is 0 Å². The van der Waals surface area contributed by atoms with Gasteiger partial charge in [0.1, 0.15) is 0 Å². The third-order valence-electron chi connectivity index (χ3n) is 4.31. The number of nitrogens with zero attached hydrogens (tertiary/aromatic N) is 2. The predicted molar refractivity (Wildman–Crippen MR) is 66.6 cm³/mol. The van der Waals surface area contributed by atoms with Crippen LogP contribution >= 0.6 is 0 Å². The standard InChI is InChI=1S/C15H20N2/c16-8-7-12(11-17)3-1-2-4-14-9-13-5-6-15(14)10-13/h5-6,12-15H,1-4,7,9-10H2. The number of hydrogen-bond donors (Lipinski definition) is 0. The van der Waals surface area contributed by atoms with Crippen molar-refractivity contribution in [2.75, 3.05) is 0 Å². The van der Waals surface area contributed by atoms with Gasteiger partial charge in [-0.25, -0.2) is 0 Å². The van der Waals surface area contributed by atoms with Gasteiger partial charge in [0, 0.05) is 0 Å². The van der Waals surface area contributed by atoms with E-state index in [0.717, 1.165) is 30.6 Å². The minimum Gasteiger partial charge on any atom is -0.198 e. The average molecular weight is 228 g/mol. The number of allylic oxidation sites excluding steroid dienone is 2. The molecule has 1 saturated carbocycles. The second kappa shape index (κ2) is 5.87. The molecule has 0 aromatic heterocycles. The molecule has 0 amide bonds. The summed E-state index contributed by atoms with van der Waals surface area (Å²) in [5.41, 5.74) is 0. The fourth-order valence-corrected chi connectivity index (χ4v) is 3.35. The molecule has 2 rings (SSSR count). The van der Waals surface area contributed by atoms with Crippen LogP contribution in [0.5, 0.6) is 0 Å². The van der Waals surface area contributed by atoms with Gasteiger partial charge >= 0.3 is 0 Å². The molecule has 0 radical (unpaired) electrons. The van der Waals surface area contributed by atoms with Crippen LogP contribution in [0, 0.1) is 46.3 Å². The number of unbranched alkanes of at least 4 members (excludes halogenated alkanes) is 1. The van der Waals surface area contributed by atoms with Gasteiger partial charge < -0.3 is 0 Å². The van der Waals surface area contributed by atoms with Gasteiger partial charge in [-0.1, -0.05) is 25.0 Å². The fraction of sp³-hybridized carbons (Fsp3) is 0.733. The van der Waals surface area contributed by atoms with E-state index in [1.165, 1.54) is 25.7 Å². The van der Waals surface area contributed by atoms with Gasteiger partial charge in [0.15, 0.2) is 0 Å². The van der Waals surface area contributed by atoms with Crippen molar-refractivity contribution < 1.29 is 0 Å². The van der Waals surface area contributed by atoms with E-state index in [2.05, 4.69) is 24.3 Å². The van der Waals surface area contributed by atoms with E-state index < -0.39 is 0 Å². The number of nitriles is 2. The minimum atomic E-state index is -0.0417. The lowest BCUT2D eigenvalue weighted by Crippen LogP contribution is -2.07. The molecule has 2 aliphatic carbocycles. The lowest BCUT2D eigenvalue weighted by molar-refractivity contribution is 0.390. The molecule has 0 aliphatic heterocycles. The van der Waals surface area contributed by atoms with Crippen molar-refractivity contribution in [3.8, 4) is 12.1 Å². The number of fused-ring (bicyclic) bond motifs is 2. The van der Waals surface area contributed by atoms with Crippen LogP contribution in [0.1, 0.15) is 44.9 Å². The molecule has 0 heterocycles. The second-order valence-electron chi connectivity index (χ2n) is 5.51. The summed E-state index contributed by atoms with van der Waals surface area (Å²) in [6.45, 7) is 0. The summed E-state index contributed by atoms with van der Waals surface area (Å²) in [5, 5.41) is 17.4. The molecule has 0 aromatic rings. The van der Waals surface area contributed by atoms with Gasteiger partial charge in [-0.2, -0.15) is 10.5 Å². The molecule has 0 saturated heterocycles. The summed E-state index contributed by atoms with van der Waals surface area (Å²) in [6.07, 6.45) is 12.5. The van der Waals surface area contributed by atoms with Crippen LogP contribution in [-0.4, -0.2) is 0 Å². The zero-order valence-corrected chi connectivity index (χ0v) is 10.3. The maximum Gasteiger partial charge on any atom is 0.0666 e. The lowest BCUT2D eigenvalue weighted by atomic mass is 9.88. The van der Waals surface area contributed by atoms with E-state index in [-0.39, 0.29) is 5.92 Å². The van der Waals surface area contributed by atoms with Crippen molar-refractivity contribution in [2.45, 2.75) is 44.9 Å². The van der Waals surface area contributed by atoms with Crippen LogP contribution in [-0.2, 0) is 0 Å². The summed E-state index contributed by atoms with van der Waals surface area (Å²) >= 11 is 0. The molecule has 0 spiro atoms. The molecule has 1 fully saturated rings. The summed E-state index contributed by atoms with van der Waals surface area (Å²) < 4.78 is 0. The lowest BCUT2D eigenvalue weighted by Gasteiger charge is -2.17. The van der Waals surface area contributed by atoms with Crippen LogP contribution in [0.3, 0.4) is 0 Å². The highest BCUT2D eigenvalue weighted by atomic mass is 14.4. The molecule has 2 heteroatoms. The van der Waals surface area contributed by atoms with Gasteiger partial charge in [-0.15, -0.1) is 0 Å². The summed E-state index contributed by atoms with van der Waals surface area (Å²) in [4.78, 5) is 0. The molecule has 17 heavy (non-hydrogen) atoms. The Morgan fingerprint density at radius 2 is 2.06 bits per heavy atom. The monoisotopic (exact) mass is 228 g/mol. The van der Waals surface area contributed by atoms with E-state index in [9.17, 15) is 0 Å². The van der Waals surface area contributed by atoms with Crippen molar-refractivity contribution >= 4 is 0 Å². The third-order valence-corrected chi connectivity index (χ3v) is 4.31. The minimum absolute atomic E-state index is 0.0417. The van der Waals surface area contributed by atoms with E-state index in [0.29, 0.717) is 6.42 Å². The van der Waals surface area contributed by atoms with Gasteiger partial charge in [-0.05, 0) is 43.4 Å². The topological polar surface area (TPSA) is 47.6 Å².